The standard InChI is InChI=1S/C19H15FN4OS/c1-25-17-9-5-3-7-14(17)16-10-11-18-21-22-19(24(18)23-16)26-12-13-6-2-4-8-15(13)20/h2-11H,12H2,1H3. The predicted molar refractivity (Wildman–Crippen MR) is 98.7 cm³/mol. The maximum absolute atomic E-state index is 13.8. The number of hydrogen-bond acceptors (Lipinski definition) is 5. The maximum Gasteiger partial charge on any atom is 0.212 e. The Labute approximate surface area is 153 Å². The molecular formula is C19H15FN4OS. The number of methoxy groups -OCH3 is 1. The van der Waals surface area contributed by atoms with E-state index < -0.39 is 0 Å². The molecule has 0 aliphatic rings. The van der Waals surface area contributed by atoms with Gasteiger partial charge in [-0.05, 0) is 35.9 Å². The van der Waals surface area contributed by atoms with Gasteiger partial charge in [-0.1, -0.05) is 42.1 Å². The number of para-hydroxylation sites is 1. The van der Waals surface area contributed by atoms with Gasteiger partial charge in [0, 0.05) is 11.3 Å². The lowest BCUT2D eigenvalue weighted by Crippen LogP contribution is -1.98. The largest absolute Gasteiger partial charge is 0.496 e. The van der Waals surface area contributed by atoms with Crippen LogP contribution in [0.3, 0.4) is 0 Å². The molecule has 4 aromatic rings. The van der Waals surface area contributed by atoms with E-state index in [1.54, 1.807) is 23.8 Å². The molecule has 5 nitrogen and oxygen atoms in total. The highest BCUT2D eigenvalue weighted by Crippen LogP contribution is 2.29. The van der Waals surface area contributed by atoms with Gasteiger partial charge in [-0.25, -0.2) is 4.39 Å². The zero-order chi connectivity index (χ0) is 17.9. The van der Waals surface area contributed by atoms with E-state index in [-0.39, 0.29) is 5.82 Å². The topological polar surface area (TPSA) is 52.3 Å². The third-order valence-corrected chi connectivity index (χ3v) is 4.90. The molecule has 0 amide bonds. The second kappa shape index (κ2) is 7.13. The molecule has 4 rings (SSSR count). The Kier molecular flexibility index (Phi) is 4.53. The fraction of sp³-hybridized carbons (Fsp3) is 0.105. The van der Waals surface area contributed by atoms with Crippen LogP contribution in [0.15, 0.2) is 65.8 Å². The second-order valence-corrected chi connectivity index (χ2v) is 6.49. The highest BCUT2D eigenvalue weighted by Gasteiger charge is 2.12. The van der Waals surface area contributed by atoms with Crippen molar-refractivity contribution >= 4 is 17.4 Å². The minimum absolute atomic E-state index is 0.225. The number of rotatable bonds is 5. The Morgan fingerprint density at radius 3 is 2.65 bits per heavy atom. The van der Waals surface area contributed by atoms with E-state index in [9.17, 15) is 4.39 Å². The van der Waals surface area contributed by atoms with Gasteiger partial charge < -0.3 is 4.74 Å². The fourth-order valence-corrected chi connectivity index (χ4v) is 3.49. The summed E-state index contributed by atoms with van der Waals surface area (Å²) < 4.78 is 20.9. The van der Waals surface area contributed by atoms with Crippen LogP contribution in [-0.2, 0) is 5.75 Å². The van der Waals surface area contributed by atoms with Crippen molar-refractivity contribution in [2.45, 2.75) is 10.9 Å². The van der Waals surface area contributed by atoms with Crippen LogP contribution in [0.2, 0.25) is 0 Å². The smallest absolute Gasteiger partial charge is 0.212 e. The average molecular weight is 366 g/mol. The summed E-state index contributed by atoms with van der Waals surface area (Å²) in [4.78, 5) is 0. The van der Waals surface area contributed by atoms with E-state index in [0.29, 0.717) is 22.1 Å². The molecule has 0 unspecified atom stereocenters. The molecule has 0 atom stereocenters. The van der Waals surface area contributed by atoms with E-state index >= 15 is 0 Å². The number of nitrogens with zero attached hydrogens (tertiary/aromatic N) is 4. The van der Waals surface area contributed by atoms with Crippen LogP contribution in [-0.4, -0.2) is 26.9 Å². The second-order valence-electron chi connectivity index (χ2n) is 5.55. The minimum Gasteiger partial charge on any atom is -0.496 e. The number of hydrogen-bond donors (Lipinski definition) is 0. The van der Waals surface area contributed by atoms with Gasteiger partial charge >= 0.3 is 0 Å². The van der Waals surface area contributed by atoms with Gasteiger partial charge in [0.15, 0.2) is 5.65 Å². The summed E-state index contributed by atoms with van der Waals surface area (Å²) in [6, 6.07) is 18.1. The third kappa shape index (κ3) is 3.13. The fourth-order valence-electron chi connectivity index (χ4n) is 2.62. The van der Waals surface area contributed by atoms with E-state index in [1.807, 2.05) is 42.5 Å². The Balaban J connectivity index is 1.68. The van der Waals surface area contributed by atoms with Crippen molar-refractivity contribution in [3.05, 3.63) is 72.0 Å². The first kappa shape index (κ1) is 16.5. The molecule has 0 saturated carbocycles. The molecule has 0 aliphatic heterocycles. The van der Waals surface area contributed by atoms with Gasteiger partial charge in [0.25, 0.3) is 0 Å². The minimum atomic E-state index is -0.225. The molecule has 0 radical (unpaired) electrons. The normalized spacial score (nSPS) is 11.0. The molecule has 2 aromatic heterocycles. The van der Waals surface area contributed by atoms with Crippen molar-refractivity contribution in [2.24, 2.45) is 0 Å². The molecule has 0 N–H and O–H groups in total. The van der Waals surface area contributed by atoms with Crippen LogP contribution >= 0.6 is 11.8 Å². The molecule has 0 aliphatic carbocycles. The van der Waals surface area contributed by atoms with E-state index in [4.69, 9.17) is 4.74 Å². The molecule has 26 heavy (non-hydrogen) atoms. The summed E-state index contributed by atoms with van der Waals surface area (Å²) in [5, 5.41) is 13.6. The Morgan fingerprint density at radius 1 is 1.00 bits per heavy atom. The zero-order valence-electron chi connectivity index (χ0n) is 14.0. The van der Waals surface area contributed by atoms with Crippen LogP contribution in [0.5, 0.6) is 5.75 Å². The first-order valence-corrected chi connectivity index (χ1v) is 8.97. The van der Waals surface area contributed by atoms with Crippen LogP contribution in [0.25, 0.3) is 16.9 Å². The molecule has 0 spiro atoms. The van der Waals surface area contributed by atoms with E-state index in [2.05, 4.69) is 15.3 Å². The highest BCUT2D eigenvalue weighted by molar-refractivity contribution is 7.98. The third-order valence-electron chi connectivity index (χ3n) is 3.93. The Hall–Kier alpha value is -2.93. The van der Waals surface area contributed by atoms with Gasteiger partial charge in [0.05, 0.1) is 12.8 Å². The summed E-state index contributed by atoms with van der Waals surface area (Å²) in [5.74, 6) is 0.970. The summed E-state index contributed by atoms with van der Waals surface area (Å²) in [7, 11) is 1.63. The van der Waals surface area contributed by atoms with Crippen molar-refractivity contribution in [1.29, 1.82) is 0 Å². The first-order chi connectivity index (χ1) is 12.8. The first-order valence-electron chi connectivity index (χ1n) is 7.98. The Morgan fingerprint density at radius 2 is 1.81 bits per heavy atom. The van der Waals surface area contributed by atoms with Gasteiger partial charge in [-0.3, -0.25) is 0 Å². The van der Waals surface area contributed by atoms with Gasteiger partial charge in [-0.2, -0.15) is 9.61 Å². The number of benzene rings is 2. The monoisotopic (exact) mass is 366 g/mol. The number of ether oxygens (including phenoxy) is 1. The summed E-state index contributed by atoms with van der Waals surface area (Å²) in [6.07, 6.45) is 0. The number of fused-ring (bicyclic) bond motifs is 1. The predicted octanol–water partition coefficient (Wildman–Crippen LogP) is 4.23. The summed E-state index contributed by atoms with van der Waals surface area (Å²) in [6.45, 7) is 0. The van der Waals surface area contributed by atoms with Crippen LogP contribution in [0.1, 0.15) is 5.56 Å². The van der Waals surface area contributed by atoms with Crippen LogP contribution in [0, 0.1) is 5.82 Å². The molecule has 2 aromatic carbocycles. The van der Waals surface area contributed by atoms with E-state index in [1.165, 1.54) is 17.8 Å². The number of thioether (sulfide) groups is 1. The molecule has 0 fully saturated rings. The van der Waals surface area contributed by atoms with Crippen LogP contribution in [0.4, 0.5) is 4.39 Å². The lowest BCUT2D eigenvalue weighted by molar-refractivity contribution is 0.416. The lowest BCUT2D eigenvalue weighted by Gasteiger charge is -2.08. The van der Waals surface area contributed by atoms with Crippen molar-refractivity contribution in [3.8, 4) is 17.0 Å². The highest BCUT2D eigenvalue weighted by atomic mass is 32.2. The molecule has 130 valence electrons. The molecule has 0 bridgehead atoms. The SMILES string of the molecule is COc1ccccc1-c1ccc2nnc(SCc3ccccc3F)n2n1. The molecule has 0 saturated heterocycles. The molecule has 7 heteroatoms. The average Bonchev–Trinajstić information content (AvgIpc) is 3.09. The quantitative estimate of drug-likeness (QED) is 0.495. The van der Waals surface area contributed by atoms with Crippen molar-refractivity contribution in [3.63, 3.8) is 0 Å². The maximum atomic E-state index is 13.8. The number of halogens is 1. The van der Waals surface area contributed by atoms with Gasteiger partial charge in [0.1, 0.15) is 11.6 Å². The summed E-state index contributed by atoms with van der Waals surface area (Å²) in [5.41, 5.74) is 2.90. The van der Waals surface area contributed by atoms with Crippen LogP contribution < -0.4 is 4.74 Å². The lowest BCUT2D eigenvalue weighted by atomic mass is 10.1. The molecular weight excluding hydrogens is 351 g/mol. The van der Waals surface area contributed by atoms with Crippen molar-refractivity contribution in [1.82, 2.24) is 19.8 Å². The molecule has 2 heterocycles. The number of aromatic nitrogens is 4. The zero-order valence-corrected chi connectivity index (χ0v) is 14.8. The van der Waals surface area contributed by atoms with Gasteiger partial charge in [-0.15, -0.1) is 10.2 Å². The Bertz CT molecular complexity index is 1070. The van der Waals surface area contributed by atoms with Crippen molar-refractivity contribution < 1.29 is 9.13 Å². The van der Waals surface area contributed by atoms with Gasteiger partial charge in [0.2, 0.25) is 5.16 Å². The summed E-state index contributed by atoms with van der Waals surface area (Å²) >= 11 is 1.39. The van der Waals surface area contributed by atoms with Crippen molar-refractivity contribution in [2.75, 3.05) is 7.11 Å². The van der Waals surface area contributed by atoms with E-state index in [0.717, 1.165) is 17.0 Å².